The normalized spacial score (nSPS) is 36.9. The number of hydrogen-bond acceptors (Lipinski definition) is 2. The zero-order valence-electron chi connectivity index (χ0n) is 11.3. The first-order chi connectivity index (χ1) is 7.57. The van der Waals surface area contributed by atoms with Crippen molar-refractivity contribution in [1.29, 1.82) is 0 Å². The molecule has 2 fully saturated rings. The van der Waals surface area contributed by atoms with Crippen LogP contribution in [0.1, 0.15) is 39.5 Å². The van der Waals surface area contributed by atoms with Crippen molar-refractivity contribution in [3.8, 4) is 0 Å². The van der Waals surface area contributed by atoms with Gasteiger partial charge in [0.05, 0.1) is 0 Å². The summed E-state index contributed by atoms with van der Waals surface area (Å²) < 4.78 is 0. The topological polar surface area (TPSA) is 15.3 Å². The van der Waals surface area contributed by atoms with Crippen molar-refractivity contribution in [1.82, 2.24) is 10.2 Å². The van der Waals surface area contributed by atoms with E-state index in [0.717, 1.165) is 11.8 Å². The largest absolute Gasteiger partial charge is 0.317 e. The summed E-state index contributed by atoms with van der Waals surface area (Å²) in [5.74, 6) is 1.91. The number of rotatable bonds is 1. The average Bonchev–Trinajstić information content (AvgIpc) is 2.42. The van der Waals surface area contributed by atoms with Gasteiger partial charge in [0, 0.05) is 13.1 Å². The molecule has 0 saturated carbocycles. The zero-order chi connectivity index (χ0) is 11.6. The van der Waals surface area contributed by atoms with Gasteiger partial charge in [-0.2, -0.15) is 0 Å². The van der Waals surface area contributed by atoms with Gasteiger partial charge < -0.3 is 10.2 Å². The summed E-state index contributed by atoms with van der Waals surface area (Å²) in [6.45, 7) is 9.95. The molecule has 2 aliphatic heterocycles. The van der Waals surface area contributed by atoms with E-state index < -0.39 is 0 Å². The van der Waals surface area contributed by atoms with E-state index in [1.807, 2.05) is 0 Å². The van der Waals surface area contributed by atoms with E-state index in [2.05, 4.69) is 31.1 Å². The highest BCUT2D eigenvalue weighted by Gasteiger charge is 2.34. The summed E-state index contributed by atoms with van der Waals surface area (Å²) in [6, 6.07) is 0. The summed E-state index contributed by atoms with van der Waals surface area (Å²) in [5.41, 5.74) is 0.525. The van der Waals surface area contributed by atoms with Gasteiger partial charge in [-0.05, 0) is 63.1 Å². The molecule has 94 valence electrons. The maximum absolute atomic E-state index is 3.53. The predicted molar refractivity (Wildman–Crippen MR) is 69.6 cm³/mol. The van der Waals surface area contributed by atoms with Gasteiger partial charge in [0.15, 0.2) is 0 Å². The van der Waals surface area contributed by atoms with Gasteiger partial charge in [0.25, 0.3) is 0 Å². The third-order valence-electron chi connectivity index (χ3n) is 4.35. The summed E-state index contributed by atoms with van der Waals surface area (Å²) in [7, 11) is 2.29. The van der Waals surface area contributed by atoms with E-state index in [4.69, 9.17) is 0 Å². The lowest BCUT2D eigenvalue weighted by atomic mass is 9.72. The first kappa shape index (κ1) is 12.4. The third kappa shape index (κ3) is 3.21. The van der Waals surface area contributed by atoms with E-state index >= 15 is 0 Å². The molecule has 2 nitrogen and oxygen atoms in total. The quantitative estimate of drug-likeness (QED) is 0.735. The highest BCUT2D eigenvalue weighted by molar-refractivity contribution is 4.87. The summed E-state index contributed by atoms with van der Waals surface area (Å²) in [4.78, 5) is 2.55. The van der Waals surface area contributed by atoms with Crippen molar-refractivity contribution in [3.05, 3.63) is 0 Å². The molecule has 16 heavy (non-hydrogen) atoms. The second-order valence-electron chi connectivity index (χ2n) is 6.77. The van der Waals surface area contributed by atoms with Crippen LogP contribution < -0.4 is 5.32 Å². The molecule has 0 aromatic carbocycles. The van der Waals surface area contributed by atoms with Gasteiger partial charge in [0.2, 0.25) is 0 Å². The van der Waals surface area contributed by atoms with Crippen molar-refractivity contribution in [2.45, 2.75) is 39.5 Å². The van der Waals surface area contributed by atoms with Gasteiger partial charge >= 0.3 is 0 Å². The molecule has 2 heteroatoms. The Morgan fingerprint density at radius 2 is 1.94 bits per heavy atom. The Morgan fingerprint density at radius 3 is 2.69 bits per heavy atom. The van der Waals surface area contributed by atoms with Crippen molar-refractivity contribution in [2.24, 2.45) is 17.3 Å². The second kappa shape index (κ2) is 5.05. The summed E-state index contributed by atoms with van der Waals surface area (Å²) >= 11 is 0. The highest BCUT2D eigenvalue weighted by atomic mass is 15.1. The molecule has 2 rings (SSSR count). The van der Waals surface area contributed by atoms with Crippen LogP contribution in [-0.4, -0.2) is 38.1 Å². The van der Waals surface area contributed by atoms with Crippen LogP contribution in [0.25, 0.3) is 0 Å². The van der Waals surface area contributed by atoms with E-state index in [9.17, 15) is 0 Å². The second-order valence-corrected chi connectivity index (χ2v) is 6.77. The smallest absolute Gasteiger partial charge is 0.00299 e. The van der Waals surface area contributed by atoms with Crippen LogP contribution >= 0.6 is 0 Å². The van der Waals surface area contributed by atoms with Gasteiger partial charge in [-0.1, -0.05) is 13.8 Å². The third-order valence-corrected chi connectivity index (χ3v) is 4.35. The Labute approximate surface area is 101 Å². The molecule has 0 bridgehead atoms. The maximum Gasteiger partial charge on any atom is 0.00299 e. The molecule has 2 aliphatic rings. The lowest BCUT2D eigenvalue weighted by Crippen LogP contribution is -2.44. The lowest BCUT2D eigenvalue weighted by molar-refractivity contribution is 0.0594. The van der Waals surface area contributed by atoms with Crippen molar-refractivity contribution in [2.75, 3.05) is 33.2 Å². The molecule has 0 spiro atoms. The van der Waals surface area contributed by atoms with Crippen molar-refractivity contribution >= 4 is 0 Å². The van der Waals surface area contributed by atoms with Crippen LogP contribution in [0.2, 0.25) is 0 Å². The molecule has 2 saturated heterocycles. The minimum atomic E-state index is 0.525. The fourth-order valence-corrected chi connectivity index (χ4v) is 3.87. The molecule has 0 amide bonds. The highest BCUT2D eigenvalue weighted by Crippen LogP contribution is 2.38. The van der Waals surface area contributed by atoms with E-state index in [1.165, 1.54) is 51.9 Å². The molecule has 0 aliphatic carbocycles. The number of hydrogen-bond donors (Lipinski definition) is 1. The van der Waals surface area contributed by atoms with Crippen LogP contribution in [0.15, 0.2) is 0 Å². The summed E-state index contributed by atoms with van der Waals surface area (Å²) in [5, 5.41) is 3.53. The number of piperidine rings is 1. The number of likely N-dealkylation sites (tertiary alicyclic amines) is 1. The van der Waals surface area contributed by atoms with Gasteiger partial charge in [-0.25, -0.2) is 0 Å². The van der Waals surface area contributed by atoms with Crippen molar-refractivity contribution < 1.29 is 0 Å². The van der Waals surface area contributed by atoms with Gasteiger partial charge in [-0.15, -0.1) is 0 Å². The average molecular weight is 224 g/mol. The van der Waals surface area contributed by atoms with Crippen LogP contribution in [0.4, 0.5) is 0 Å². The van der Waals surface area contributed by atoms with Crippen LogP contribution in [0.5, 0.6) is 0 Å². The Balaban J connectivity index is 1.96. The van der Waals surface area contributed by atoms with Gasteiger partial charge in [-0.3, -0.25) is 0 Å². The SMILES string of the molecule is CN1CC(C2CCCNCC2)CC(C)(C)C1. The fraction of sp³-hybridized carbons (Fsp3) is 1.00. The molecule has 0 aromatic heterocycles. The standard InChI is InChI=1S/C14H28N2/c1-14(2)9-13(10-16(3)11-14)12-5-4-7-15-8-6-12/h12-13,15H,4-11H2,1-3H3. The molecule has 0 aromatic rings. The molecular formula is C14H28N2. The molecule has 0 radical (unpaired) electrons. The first-order valence-electron chi connectivity index (χ1n) is 6.96. The fourth-order valence-electron chi connectivity index (χ4n) is 3.87. The first-order valence-corrected chi connectivity index (χ1v) is 6.96. The molecule has 2 atom stereocenters. The number of nitrogens with zero attached hydrogens (tertiary/aromatic N) is 1. The van der Waals surface area contributed by atoms with Crippen LogP contribution in [-0.2, 0) is 0 Å². The van der Waals surface area contributed by atoms with E-state index in [-0.39, 0.29) is 0 Å². The lowest BCUT2D eigenvalue weighted by Gasteiger charge is -2.43. The predicted octanol–water partition coefficient (Wildman–Crippen LogP) is 2.35. The Bertz CT molecular complexity index is 217. The Morgan fingerprint density at radius 1 is 1.12 bits per heavy atom. The molecule has 1 N–H and O–H groups in total. The van der Waals surface area contributed by atoms with Crippen LogP contribution in [0, 0.1) is 17.3 Å². The molecule has 2 unspecified atom stereocenters. The zero-order valence-corrected chi connectivity index (χ0v) is 11.3. The minimum absolute atomic E-state index is 0.525. The van der Waals surface area contributed by atoms with Crippen molar-refractivity contribution in [3.63, 3.8) is 0 Å². The molecule has 2 heterocycles. The van der Waals surface area contributed by atoms with Crippen LogP contribution in [0.3, 0.4) is 0 Å². The summed E-state index contributed by atoms with van der Waals surface area (Å²) in [6.07, 6.45) is 5.66. The van der Waals surface area contributed by atoms with E-state index in [0.29, 0.717) is 5.41 Å². The van der Waals surface area contributed by atoms with E-state index in [1.54, 1.807) is 0 Å². The van der Waals surface area contributed by atoms with Gasteiger partial charge in [0.1, 0.15) is 0 Å². The maximum atomic E-state index is 3.53. The Kier molecular flexibility index (Phi) is 3.91. The number of nitrogens with one attached hydrogen (secondary N) is 1. The minimum Gasteiger partial charge on any atom is -0.317 e. The monoisotopic (exact) mass is 224 g/mol. The Hall–Kier alpha value is -0.0800. The molecular weight excluding hydrogens is 196 g/mol.